The van der Waals surface area contributed by atoms with Gasteiger partial charge in [-0.15, -0.1) is 10.2 Å². The Bertz CT molecular complexity index is 1510. The van der Waals surface area contributed by atoms with Crippen LogP contribution in [0.3, 0.4) is 0 Å². The van der Waals surface area contributed by atoms with Gasteiger partial charge < -0.3 is 14.4 Å². The van der Waals surface area contributed by atoms with Crippen LogP contribution in [0.5, 0.6) is 5.75 Å². The van der Waals surface area contributed by atoms with Crippen molar-refractivity contribution in [2.45, 2.75) is 25.2 Å². The summed E-state index contributed by atoms with van der Waals surface area (Å²) in [6, 6.07) is 21.9. The average Bonchev–Trinajstić information content (AvgIpc) is 3.30. The molecule has 1 aromatic heterocycles. The molecule has 4 aromatic rings. The summed E-state index contributed by atoms with van der Waals surface area (Å²) in [5, 5.41) is 28.7. The normalized spacial score (nSPS) is 11.2. The van der Waals surface area contributed by atoms with E-state index in [0.717, 1.165) is 22.9 Å². The van der Waals surface area contributed by atoms with Gasteiger partial charge in [0.25, 0.3) is 0 Å². The molecule has 3 aromatic carbocycles. The van der Waals surface area contributed by atoms with E-state index < -0.39 is 5.97 Å². The highest BCUT2D eigenvalue weighted by molar-refractivity contribution is 9.10. The van der Waals surface area contributed by atoms with Crippen molar-refractivity contribution in [3.8, 4) is 23.2 Å². The predicted molar refractivity (Wildman–Crippen MR) is 147 cm³/mol. The number of carbonyl (C=O) groups is 1. The number of carboxylic acid groups (broad SMARTS) is 1. The third-order valence-electron chi connectivity index (χ3n) is 5.32. The average molecular weight is 596 g/mol. The molecule has 37 heavy (non-hydrogen) atoms. The lowest BCUT2D eigenvalue weighted by atomic mass is 10.1. The van der Waals surface area contributed by atoms with Crippen molar-refractivity contribution in [2.75, 3.05) is 0 Å². The summed E-state index contributed by atoms with van der Waals surface area (Å²) in [4.78, 5) is 12.2. The second-order valence-corrected chi connectivity index (χ2v) is 10.0. The van der Waals surface area contributed by atoms with Crippen molar-refractivity contribution in [2.24, 2.45) is 0 Å². The molecule has 0 atom stereocenters. The molecule has 0 aliphatic carbocycles. The molecule has 0 fully saturated rings. The fourth-order valence-corrected chi connectivity index (χ4v) is 5.00. The monoisotopic (exact) mass is 594 g/mol. The zero-order valence-corrected chi connectivity index (χ0v) is 22.7. The van der Waals surface area contributed by atoms with E-state index in [9.17, 15) is 15.2 Å². The van der Waals surface area contributed by atoms with Crippen LogP contribution in [0.2, 0.25) is 5.02 Å². The number of nitriles is 1. The highest BCUT2D eigenvalue weighted by atomic mass is 79.9. The van der Waals surface area contributed by atoms with Crippen molar-refractivity contribution in [1.29, 1.82) is 5.26 Å². The van der Waals surface area contributed by atoms with E-state index in [4.69, 9.17) is 16.3 Å². The molecular formula is C27H20BrClN4O3S. The van der Waals surface area contributed by atoms with Crippen LogP contribution in [0.4, 0.5) is 0 Å². The predicted octanol–water partition coefficient (Wildman–Crippen LogP) is 7.05. The van der Waals surface area contributed by atoms with E-state index in [1.165, 1.54) is 0 Å². The van der Waals surface area contributed by atoms with Crippen LogP contribution in [0.15, 0.2) is 81.3 Å². The summed E-state index contributed by atoms with van der Waals surface area (Å²) in [7, 11) is 0. The van der Waals surface area contributed by atoms with Gasteiger partial charge in [0.2, 0.25) is 0 Å². The molecule has 0 unspecified atom stereocenters. The molecule has 10 heteroatoms. The molecule has 0 saturated carbocycles. The summed E-state index contributed by atoms with van der Waals surface area (Å²) < 4.78 is 8.40. The quantitative estimate of drug-likeness (QED) is 0.163. The number of ether oxygens (including phenoxy) is 1. The Kier molecular flexibility index (Phi) is 8.66. The van der Waals surface area contributed by atoms with Gasteiger partial charge in [-0.2, -0.15) is 5.26 Å². The summed E-state index contributed by atoms with van der Waals surface area (Å²) in [5.74, 6) is 0.134. The number of halogens is 2. The number of aromatic nitrogens is 3. The van der Waals surface area contributed by atoms with Gasteiger partial charge in [-0.25, -0.2) is 4.79 Å². The fraction of sp³-hybridized carbons (Fsp3) is 0.111. The van der Waals surface area contributed by atoms with Gasteiger partial charge in [-0.05, 0) is 88.7 Å². The van der Waals surface area contributed by atoms with Gasteiger partial charge in [-0.3, -0.25) is 0 Å². The van der Waals surface area contributed by atoms with E-state index in [1.54, 1.807) is 48.5 Å². The van der Waals surface area contributed by atoms with E-state index in [0.29, 0.717) is 43.9 Å². The summed E-state index contributed by atoms with van der Waals surface area (Å²) in [6.07, 6.45) is 1.57. The third-order valence-corrected chi connectivity index (χ3v) is 7.19. The standard InChI is InChI=1S/C27H20BrClN4O3S/c1-2-33-25(18-8-10-21(29)11-9-18)31-32-27(33)37-24(26(34)35)14-17-7-12-23(22(28)13-17)36-16-20-6-4-3-5-19(20)15-30/h3-14H,2,16H2,1H3,(H,34,35)/b24-14-. The first-order valence-corrected chi connectivity index (χ1v) is 13.1. The molecular weight excluding hydrogens is 576 g/mol. The maximum Gasteiger partial charge on any atom is 0.342 e. The summed E-state index contributed by atoms with van der Waals surface area (Å²) in [5.41, 5.74) is 2.84. The summed E-state index contributed by atoms with van der Waals surface area (Å²) in [6.45, 7) is 2.74. The van der Waals surface area contributed by atoms with Gasteiger partial charge in [0.05, 0.1) is 16.1 Å². The van der Waals surface area contributed by atoms with Crippen molar-refractivity contribution in [3.05, 3.63) is 97.8 Å². The van der Waals surface area contributed by atoms with E-state index >= 15 is 0 Å². The lowest BCUT2D eigenvalue weighted by molar-refractivity contribution is -0.131. The van der Waals surface area contributed by atoms with Crippen molar-refractivity contribution in [1.82, 2.24) is 14.8 Å². The molecule has 0 bridgehead atoms. The number of thioether (sulfide) groups is 1. The molecule has 0 radical (unpaired) electrons. The van der Waals surface area contributed by atoms with Gasteiger partial charge in [0.1, 0.15) is 17.3 Å². The largest absolute Gasteiger partial charge is 0.488 e. The van der Waals surface area contributed by atoms with Crippen molar-refractivity contribution in [3.63, 3.8) is 0 Å². The minimum atomic E-state index is -1.08. The smallest absolute Gasteiger partial charge is 0.342 e. The maximum atomic E-state index is 12.1. The van der Waals surface area contributed by atoms with Crippen LogP contribution in [0.25, 0.3) is 17.5 Å². The van der Waals surface area contributed by atoms with Crippen LogP contribution < -0.4 is 4.74 Å². The van der Waals surface area contributed by atoms with Gasteiger partial charge in [0, 0.05) is 22.7 Å². The first-order chi connectivity index (χ1) is 17.9. The minimum Gasteiger partial charge on any atom is -0.488 e. The zero-order chi connectivity index (χ0) is 26.4. The molecule has 0 spiro atoms. The topological polar surface area (TPSA) is 101 Å². The molecule has 0 amide bonds. The highest BCUT2D eigenvalue weighted by Crippen LogP contribution is 2.33. The second-order valence-electron chi connectivity index (χ2n) is 7.72. The first-order valence-electron chi connectivity index (χ1n) is 11.1. The number of nitrogens with zero attached hydrogens (tertiary/aromatic N) is 4. The Balaban J connectivity index is 1.55. The number of aliphatic carboxylic acids is 1. The minimum absolute atomic E-state index is 0.0910. The van der Waals surface area contributed by atoms with E-state index in [1.807, 2.05) is 35.8 Å². The van der Waals surface area contributed by atoms with Crippen molar-refractivity contribution >= 4 is 51.3 Å². The second kappa shape index (κ2) is 12.1. The van der Waals surface area contributed by atoms with Gasteiger partial charge >= 0.3 is 5.97 Å². The van der Waals surface area contributed by atoms with Crippen LogP contribution in [0.1, 0.15) is 23.6 Å². The van der Waals surface area contributed by atoms with Crippen LogP contribution in [-0.2, 0) is 17.9 Å². The molecule has 4 rings (SSSR count). The number of benzene rings is 3. The highest BCUT2D eigenvalue weighted by Gasteiger charge is 2.18. The molecule has 186 valence electrons. The third kappa shape index (κ3) is 6.41. The molecule has 0 aliphatic heterocycles. The Morgan fingerprint density at radius 1 is 1.19 bits per heavy atom. The van der Waals surface area contributed by atoms with E-state index in [-0.39, 0.29) is 11.5 Å². The molecule has 0 aliphatic rings. The first kappa shape index (κ1) is 26.5. The maximum absolute atomic E-state index is 12.1. The Labute approximate surface area is 231 Å². The van der Waals surface area contributed by atoms with Gasteiger partial charge in [-0.1, -0.05) is 35.9 Å². The van der Waals surface area contributed by atoms with Crippen LogP contribution in [0, 0.1) is 11.3 Å². The number of hydrogen-bond acceptors (Lipinski definition) is 6. The fourth-order valence-electron chi connectivity index (χ4n) is 3.48. The molecule has 0 saturated heterocycles. The molecule has 1 N–H and O–H groups in total. The van der Waals surface area contributed by atoms with Gasteiger partial charge in [0.15, 0.2) is 11.0 Å². The van der Waals surface area contributed by atoms with Crippen LogP contribution >= 0.6 is 39.3 Å². The summed E-state index contributed by atoms with van der Waals surface area (Å²) >= 11 is 10.5. The molecule has 7 nitrogen and oxygen atoms in total. The Morgan fingerprint density at radius 2 is 1.95 bits per heavy atom. The lowest BCUT2D eigenvalue weighted by Crippen LogP contribution is -2.03. The Hall–Kier alpha value is -3.58. The number of hydrogen-bond donors (Lipinski definition) is 1. The lowest BCUT2D eigenvalue weighted by Gasteiger charge is -2.10. The van der Waals surface area contributed by atoms with Crippen molar-refractivity contribution < 1.29 is 14.6 Å². The number of rotatable bonds is 9. The Morgan fingerprint density at radius 3 is 2.62 bits per heavy atom. The zero-order valence-electron chi connectivity index (χ0n) is 19.6. The number of carboxylic acids is 1. The van der Waals surface area contributed by atoms with Crippen LogP contribution in [-0.4, -0.2) is 25.8 Å². The SMILES string of the molecule is CCn1c(S/C(=C\c2ccc(OCc3ccccc3C#N)c(Br)c2)C(=O)O)nnc1-c1ccc(Cl)cc1. The van der Waals surface area contributed by atoms with E-state index in [2.05, 4.69) is 32.2 Å². The molecule has 1 heterocycles.